The molecular formula is C17H25F3IN5O3S. The van der Waals surface area contributed by atoms with Crippen molar-refractivity contribution >= 4 is 51.6 Å². The van der Waals surface area contributed by atoms with Gasteiger partial charge >= 0.3 is 15.5 Å². The molecule has 2 rings (SSSR count). The second-order valence-electron chi connectivity index (χ2n) is 6.58. The average Bonchev–Trinajstić information content (AvgIpc) is 2.64. The summed E-state index contributed by atoms with van der Waals surface area (Å²) in [7, 11) is -3.72. The van der Waals surface area contributed by atoms with Crippen LogP contribution in [0.4, 0.5) is 18.9 Å². The lowest BCUT2D eigenvalue weighted by Gasteiger charge is -2.32. The number of alkyl halides is 3. The minimum Gasteiger partial charge on any atom is -0.354 e. The van der Waals surface area contributed by atoms with Crippen molar-refractivity contribution in [3.63, 3.8) is 0 Å². The van der Waals surface area contributed by atoms with Crippen molar-refractivity contribution < 1.29 is 26.4 Å². The van der Waals surface area contributed by atoms with Gasteiger partial charge in [0.25, 0.3) is 0 Å². The average molecular weight is 563 g/mol. The van der Waals surface area contributed by atoms with Crippen LogP contribution in [0, 0.1) is 0 Å². The molecule has 0 radical (unpaired) electrons. The van der Waals surface area contributed by atoms with E-state index in [0.717, 1.165) is 5.56 Å². The number of anilines is 1. The molecule has 1 saturated heterocycles. The molecule has 0 unspecified atom stereocenters. The van der Waals surface area contributed by atoms with Crippen LogP contribution in [0.5, 0.6) is 0 Å². The quantitative estimate of drug-likeness (QED) is 0.290. The summed E-state index contributed by atoms with van der Waals surface area (Å²) in [6.07, 6.45) is 0.460. The van der Waals surface area contributed by atoms with Gasteiger partial charge in [0.05, 0.1) is 0 Å². The van der Waals surface area contributed by atoms with E-state index in [0.29, 0.717) is 22.5 Å². The van der Waals surface area contributed by atoms with Crippen molar-refractivity contribution in [1.82, 2.24) is 14.9 Å². The third-order valence-corrected chi connectivity index (χ3v) is 5.99. The molecule has 0 aliphatic carbocycles. The Morgan fingerprint density at radius 3 is 2.43 bits per heavy atom. The first kappa shape index (κ1) is 26.4. The molecular weight excluding hydrogens is 538 g/mol. The number of amides is 1. The van der Waals surface area contributed by atoms with Crippen molar-refractivity contribution in [2.24, 2.45) is 4.99 Å². The third-order valence-electron chi connectivity index (χ3n) is 4.36. The van der Waals surface area contributed by atoms with Gasteiger partial charge in [-0.1, -0.05) is 12.1 Å². The van der Waals surface area contributed by atoms with Gasteiger partial charge in [0.1, 0.15) is 0 Å². The minimum absolute atomic E-state index is 0. The predicted octanol–water partition coefficient (Wildman–Crippen LogP) is 2.24. The van der Waals surface area contributed by atoms with Gasteiger partial charge in [-0.3, -0.25) is 9.79 Å². The Kier molecular flexibility index (Phi) is 9.81. The van der Waals surface area contributed by atoms with Crippen molar-refractivity contribution in [1.29, 1.82) is 0 Å². The van der Waals surface area contributed by atoms with Crippen LogP contribution in [0.15, 0.2) is 29.3 Å². The summed E-state index contributed by atoms with van der Waals surface area (Å²) in [5, 5.41) is 8.89. The van der Waals surface area contributed by atoms with Crippen LogP contribution in [-0.4, -0.2) is 56.3 Å². The number of hydrogen-bond acceptors (Lipinski definition) is 4. The molecule has 1 aliphatic heterocycles. The number of piperidine rings is 1. The van der Waals surface area contributed by atoms with Gasteiger partial charge in [-0.2, -0.15) is 17.5 Å². The highest BCUT2D eigenvalue weighted by atomic mass is 127. The first-order valence-electron chi connectivity index (χ1n) is 8.93. The third kappa shape index (κ3) is 7.27. The number of guanidine groups is 1. The van der Waals surface area contributed by atoms with E-state index < -0.39 is 15.5 Å². The summed E-state index contributed by atoms with van der Waals surface area (Å²) in [5.41, 5.74) is -3.72. The van der Waals surface area contributed by atoms with Crippen molar-refractivity contribution in [2.75, 3.05) is 25.5 Å². The van der Waals surface area contributed by atoms with Crippen molar-refractivity contribution in [2.45, 2.75) is 37.9 Å². The van der Waals surface area contributed by atoms with Crippen LogP contribution in [0.1, 0.15) is 25.3 Å². The van der Waals surface area contributed by atoms with Gasteiger partial charge in [-0.05, 0) is 30.5 Å². The standard InChI is InChI=1S/C17H24F3N5O3S.HI/c1-12(26)23-15-5-3-4-13(10-15)11-22-16(21-2)24-14-6-8-25(9-7-14)29(27,28)17(18,19)20;/h3-5,10,14H,6-9,11H2,1-2H3,(H,23,26)(H2,21,22,24);1H. The zero-order chi connectivity index (χ0) is 21.7. The number of nitrogens with zero attached hydrogens (tertiary/aromatic N) is 2. The minimum atomic E-state index is -5.29. The van der Waals surface area contributed by atoms with E-state index >= 15 is 0 Å². The molecule has 0 aromatic heterocycles. The van der Waals surface area contributed by atoms with Crippen LogP contribution in [0.3, 0.4) is 0 Å². The Balaban J connectivity index is 0.00000450. The van der Waals surface area contributed by atoms with Gasteiger partial charge in [0, 0.05) is 45.3 Å². The Hall–Kier alpha value is -1.61. The molecule has 0 atom stereocenters. The maximum absolute atomic E-state index is 12.6. The summed E-state index contributed by atoms with van der Waals surface area (Å²) >= 11 is 0. The molecule has 1 heterocycles. The zero-order valence-corrected chi connectivity index (χ0v) is 19.6. The van der Waals surface area contributed by atoms with E-state index in [2.05, 4.69) is 20.9 Å². The van der Waals surface area contributed by atoms with Crippen LogP contribution in [-0.2, 0) is 21.4 Å². The molecule has 0 bridgehead atoms. The van der Waals surface area contributed by atoms with Crippen LogP contribution >= 0.6 is 24.0 Å². The monoisotopic (exact) mass is 563 g/mol. The first-order valence-corrected chi connectivity index (χ1v) is 10.4. The van der Waals surface area contributed by atoms with Gasteiger partial charge in [-0.15, -0.1) is 24.0 Å². The Labute approximate surface area is 190 Å². The van der Waals surface area contributed by atoms with E-state index in [1.807, 2.05) is 12.1 Å². The number of carbonyl (C=O) groups excluding carboxylic acids is 1. The number of hydrogen-bond donors (Lipinski definition) is 3. The molecule has 13 heteroatoms. The number of aliphatic imine (C=N–C) groups is 1. The topological polar surface area (TPSA) is 103 Å². The van der Waals surface area contributed by atoms with Gasteiger partial charge < -0.3 is 16.0 Å². The van der Waals surface area contributed by atoms with Gasteiger partial charge in [0.2, 0.25) is 5.91 Å². The number of sulfonamides is 1. The fourth-order valence-corrected chi connectivity index (χ4v) is 3.91. The van der Waals surface area contributed by atoms with E-state index in [4.69, 9.17) is 0 Å². The second kappa shape index (κ2) is 11.1. The number of benzene rings is 1. The molecule has 0 spiro atoms. The van der Waals surface area contributed by atoms with Crippen molar-refractivity contribution in [3.8, 4) is 0 Å². The SMILES string of the molecule is CN=C(NCc1cccc(NC(C)=O)c1)NC1CCN(S(=O)(=O)C(F)(F)F)CC1.I. The van der Waals surface area contributed by atoms with E-state index in [9.17, 15) is 26.4 Å². The first-order chi connectivity index (χ1) is 13.5. The fourth-order valence-electron chi connectivity index (χ4n) is 2.92. The molecule has 1 fully saturated rings. The summed E-state index contributed by atoms with van der Waals surface area (Å²) in [4.78, 5) is 15.2. The van der Waals surface area contributed by atoms with Crippen LogP contribution in [0.2, 0.25) is 0 Å². The van der Waals surface area contributed by atoms with E-state index in [1.165, 1.54) is 6.92 Å². The van der Waals surface area contributed by atoms with E-state index in [-0.39, 0.29) is 61.9 Å². The molecule has 1 aromatic rings. The highest BCUT2D eigenvalue weighted by Crippen LogP contribution is 2.28. The normalized spacial score (nSPS) is 16.5. The molecule has 3 N–H and O–H groups in total. The van der Waals surface area contributed by atoms with Gasteiger partial charge in [-0.25, -0.2) is 8.42 Å². The zero-order valence-electron chi connectivity index (χ0n) is 16.5. The Morgan fingerprint density at radius 2 is 1.90 bits per heavy atom. The molecule has 0 saturated carbocycles. The number of carbonyl (C=O) groups is 1. The molecule has 1 amide bonds. The van der Waals surface area contributed by atoms with Crippen molar-refractivity contribution in [3.05, 3.63) is 29.8 Å². The van der Waals surface area contributed by atoms with E-state index in [1.54, 1.807) is 19.2 Å². The fraction of sp³-hybridized carbons (Fsp3) is 0.529. The molecule has 1 aliphatic rings. The maximum Gasteiger partial charge on any atom is 0.511 e. The molecule has 1 aromatic carbocycles. The largest absolute Gasteiger partial charge is 0.511 e. The second-order valence-corrected chi connectivity index (χ2v) is 8.51. The highest BCUT2D eigenvalue weighted by Gasteiger charge is 2.50. The number of rotatable bonds is 5. The smallest absolute Gasteiger partial charge is 0.354 e. The molecule has 8 nitrogen and oxygen atoms in total. The Morgan fingerprint density at radius 1 is 1.27 bits per heavy atom. The highest BCUT2D eigenvalue weighted by molar-refractivity contribution is 14.0. The number of halogens is 4. The van der Waals surface area contributed by atoms with Crippen LogP contribution in [0.25, 0.3) is 0 Å². The lowest BCUT2D eigenvalue weighted by atomic mass is 10.1. The summed E-state index contributed by atoms with van der Waals surface area (Å²) in [6.45, 7) is 1.40. The number of nitrogens with one attached hydrogen (secondary N) is 3. The Bertz CT molecular complexity index is 856. The lowest BCUT2D eigenvalue weighted by Crippen LogP contribution is -2.51. The predicted molar refractivity (Wildman–Crippen MR) is 119 cm³/mol. The van der Waals surface area contributed by atoms with Crippen LogP contribution < -0.4 is 16.0 Å². The lowest BCUT2D eigenvalue weighted by molar-refractivity contribution is -0.114. The summed E-state index contributed by atoms with van der Waals surface area (Å²) < 4.78 is 61.3. The summed E-state index contributed by atoms with van der Waals surface area (Å²) in [6, 6.07) is 7.04. The molecule has 170 valence electrons. The maximum atomic E-state index is 12.6. The summed E-state index contributed by atoms with van der Waals surface area (Å²) in [5.74, 6) is 0.276. The van der Waals surface area contributed by atoms with Gasteiger partial charge in [0.15, 0.2) is 5.96 Å². The molecule has 30 heavy (non-hydrogen) atoms.